The van der Waals surface area contributed by atoms with Gasteiger partial charge in [0.2, 0.25) is 5.88 Å². The van der Waals surface area contributed by atoms with Crippen molar-refractivity contribution in [1.29, 1.82) is 0 Å². The summed E-state index contributed by atoms with van der Waals surface area (Å²) in [6.07, 6.45) is 0.248. The van der Waals surface area contributed by atoms with E-state index < -0.39 is 6.10 Å². The Bertz CT molecular complexity index is 558. The number of hydrogen-bond donors (Lipinski definition) is 1. The van der Waals surface area contributed by atoms with Gasteiger partial charge >= 0.3 is 0 Å². The van der Waals surface area contributed by atoms with Crippen LogP contribution >= 0.6 is 22.6 Å². The number of para-hydroxylation sites is 1. The molecule has 17 heavy (non-hydrogen) atoms. The van der Waals surface area contributed by atoms with Gasteiger partial charge in [-0.25, -0.2) is 4.98 Å². The van der Waals surface area contributed by atoms with Gasteiger partial charge in [-0.3, -0.25) is 0 Å². The van der Waals surface area contributed by atoms with Crippen molar-refractivity contribution in [1.82, 2.24) is 4.98 Å². The van der Waals surface area contributed by atoms with Crippen molar-refractivity contribution < 1.29 is 9.84 Å². The molecule has 0 saturated carbocycles. The molecule has 2 atom stereocenters. The van der Waals surface area contributed by atoms with Crippen molar-refractivity contribution in [3.05, 3.63) is 35.9 Å². The zero-order valence-electron chi connectivity index (χ0n) is 9.14. The summed E-state index contributed by atoms with van der Waals surface area (Å²) in [6, 6.07) is 9.86. The molecule has 4 heteroatoms. The molecule has 0 bridgehead atoms. The summed E-state index contributed by atoms with van der Waals surface area (Å²) in [5.74, 6) is 0.587. The highest BCUT2D eigenvalue weighted by Crippen LogP contribution is 2.35. The first-order valence-electron chi connectivity index (χ1n) is 5.58. The summed E-state index contributed by atoms with van der Waals surface area (Å²) >= 11 is 2.27. The summed E-state index contributed by atoms with van der Waals surface area (Å²) in [7, 11) is 0. The largest absolute Gasteiger partial charge is 0.473 e. The van der Waals surface area contributed by atoms with Crippen LogP contribution in [0.15, 0.2) is 30.3 Å². The second kappa shape index (κ2) is 4.42. The molecule has 0 fully saturated rings. The van der Waals surface area contributed by atoms with Gasteiger partial charge in [0.05, 0.1) is 11.6 Å². The lowest BCUT2D eigenvalue weighted by Crippen LogP contribution is -2.27. The summed E-state index contributed by atoms with van der Waals surface area (Å²) < 4.78 is 6.64. The minimum atomic E-state index is -0.462. The zero-order valence-corrected chi connectivity index (χ0v) is 11.3. The molecule has 3 rings (SSSR count). The number of rotatable bonds is 1. The van der Waals surface area contributed by atoms with E-state index in [-0.39, 0.29) is 6.10 Å². The molecule has 0 saturated heterocycles. The lowest BCUT2D eigenvalue weighted by atomic mass is 10.0. The van der Waals surface area contributed by atoms with Crippen LogP contribution in [0.25, 0.3) is 10.9 Å². The quantitative estimate of drug-likeness (QED) is 0.641. The first-order valence-corrected chi connectivity index (χ1v) is 7.11. The predicted octanol–water partition coefficient (Wildman–Crippen LogP) is 2.85. The van der Waals surface area contributed by atoms with Gasteiger partial charge < -0.3 is 9.84 Å². The Balaban J connectivity index is 2.14. The minimum absolute atomic E-state index is 0.0618. The third-order valence-corrected chi connectivity index (χ3v) is 3.99. The standard InChI is InChI=1S/C13H12INO2/c14-7-9-6-12(16)10-5-8-3-1-2-4-11(8)15-13(10)17-9/h1-5,9,12,16H,6-7H2/t9-,12-/m0/s1. The Morgan fingerprint density at radius 3 is 3.06 bits per heavy atom. The van der Waals surface area contributed by atoms with Crippen LogP contribution in [0.4, 0.5) is 0 Å². The molecule has 0 unspecified atom stereocenters. The number of aliphatic hydroxyl groups excluding tert-OH is 1. The van der Waals surface area contributed by atoms with Crippen LogP contribution in [0.5, 0.6) is 5.88 Å². The number of pyridine rings is 1. The Hall–Kier alpha value is -0.880. The van der Waals surface area contributed by atoms with E-state index >= 15 is 0 Å². The fraction of sp³-hybridized carbons (Fsp3) is 0.308. The van der Waals surface area contributed by atoms with Crippen LogP contribution in [0.2, 0.25) is 0 Å². The number of halogens is 1. The molecule has 88 valence electrons. The van der Waals surface area contributed by atoms with Crippen molar-refractivity contribution >= 4 is 33.5 Å². The molecule has 0 spiro atoms. The number of alkyl halides is 1. The number of aliphatic hydroxyl groups is 1. The second-order valence-corrected chi connectivity index (χ2v) is 5.10. The number of fused-ring (bicyclic) bond motifs is 2. The second-order valence-electron chi connectivity index (χ2n) is 4.22. The van der Waals surface area contributed by atoms with Gasteiger partial charge in [-0.05, 0) is 12.1 Å². The zero-order chi connectivity index (χ0) is 11.8. The molecule has 1 aromatic heterocycles. The van der Waals surface area contributed by atoms with Crippen LogP contribution in [0.1, 0.15) is 18.1 Å². The summed E-state index contributed by atoms with van der Waals surface area (Å²) in [6.45, 7) is 0. The van der Waals surface area contributed by atoms with E-state index in [0.717, 1.165) is 20.9 Å². The summed E-state index contributed by atoms with van der Waals surface area (Å²) in [4.78, 5) is 4.48. The predicted molar refractivity (Wildman–Crippen MR) is 74.6 cm³/mol. The number of aromatic nitrogens is 1. The van der Waals surface area contributed by atoms with Gasteiger partial charge in [-0.2, -0.15) is 0 Å². The van der Waals surface area contributed by atoms with Gasteiger partial charge in [0.1, 0.15) is 6.10 Å². The lowest BCUT2D eigenvalue weighted by molar-refractivity contribution is 0.0747. The molecule has 0 radical (unpaired) electrons. The lowest BCUT2D eigenvalue weighted by Gasteiger charge is -2.27. The van der Waals surface area contributed by atoms with E-state index in [4.69, 9.17) is 4.74 Å². The van der Waals surface area contributed by atoms with E-state index in [1.807, 2.05) is 30.3 Å². The van der Waals surface area contributed by atoms with Crippen molar-refractivity contribution in [2.24, 2.45) is 0 Å². The number of hydrogen-bond acceptors (Lipinski definition) is 3. The van der Waals surface area contributed by atoms with Gasteiger partial charge in [-0.1, -0.05) is 40.8 Å². The van der Waals surface area contributed by atoms with Gasteiger partial charge in [0, 0.05) is 21.8 Å². The average molecular weight is 341 g/mol. The topological polar surface area (TPSA) is 42.4 Å². The summed E-state index contributed by atoms with van der Waals surface area (Å²) in [5.41, 5.74) is 1.72. The fourth-order valence-electron chi connectivity index (χ4n) is 2.12. The molecular formula is C13H12INO2. The number of benzene rings is 1. The summed E-state index contributed by atoms with van der Waals surface area (Å²) in [5, 5.41) is 11.1. The highest BCUT2D eigenvalue weighted by Gasteiger charge is 2.27. The molecule has 1 aliphatic heterocycles. The normalized spacial score (nSPS) is 23.2. The van der Waals surface area contributed by atoms with Crippen molar-refractivity contribution in [3.8, 4) is 5.88 Å². The Labute approximate surface area is 113 Å². The van der Waals surface area contributed by atoms with E-state index in [9.17, 15) is 5.11 Å². The maximum absolute atomic E-state index is 10.1. The van der Waals surface area contributed by atoms with E-state index in [1.165, 1.54) is 0 Å². The molecule has 1 aliphatic rings. The highest BCUT2D eigenvalue weighted by atomic mass is 127. The van der Waals surface area contributed by atoms with Crippen molar-refractivity contribution in [2.45, 2.75) is 18.6 Å². The Morgan fingerprint density at radius 2 is 2.24 bits per heavy atom. The molecule has 1 N–H and O–H groups in total. The molecule has 2 aromatic rings. The monoisotopic (exact) mass is 341 g/mol. The number of nitrogens with zero attached hydrogens (tertiary/aromatic N) is 1. The molecule has 2 heterocycles. The van der Waals surface area contributed by atoms with Crippen LogP contribution < -0.4 is 4.74 Å². The Morgan fingerprint density at radius 1 is 1.41 bits per heavy atom. The first kappa shape index (κ1) is 11.2. The maximum Gasteiger partial charge on any atom is 0.220 e. The molecule has 0 aliphatic carbocycles. The van der Waals surface area contributed by atoms with Crippen molar-refractivity contribution in [2.75, 3.05) is 4.43 Å². The van der Waals surface area contributed by atoms with Gasteiger partial charge in [-0.15, -0.1) is 0 Å². The van der Waals surface area contributed by atoms with E-state index in [1.54, 1.807) is 0 Å². The van der Waals surface area contributed by atoms with E-state index in [2.05, 4.69) is 27.6 Å². The third-order valence-electron chi connectivity index (χ3n) is 3.01. The Kier molecular flexibility index (Phi) is 2.92. The highest BCUT2D eigenvalue weighted by molar-refractivity contribution is 14.1. The molecular weight excluding hydrogens is 329 g/mol. The third kappa shape index (κ3) is 1.99. The fourth-order valence-corrected chi connectivity index (χ4v) is 2.66. The van der Waals surface area contributed by atoms with Crippen LogP contribution in [0, 0.1) is 0 Å². The molecule has 1 aromatic carbocycles. The van der Waals surface area contributed by atoms with Crippen LogP contribution in [-0.2, 0) is 0 Å². The SMILES string of the molecule is O[C@H]1C[C@@H](CI)Oc2nc3ccccc3cc21. The van der Waals surface area contributed by atoms with E-state index in [0.29, 0.717) is 12.3 Å². The first-order chi connectivity index (χ1) is 8.28. The van der Waals surface area contributed by atoms with Crippen molar-refractivity contribution in [3.63, 3.8) is 0 Å². The van der Waals surface area contributed by atoms with Crippen LogP contribution in [-0.4, -0.2) is 20.6 Å². The van der Waals surface area contributed by atoms with Crippen LogP contribution in [0.3, 0.4) is 0 Å². The minimum Gasteiger partial charge on any atom is -0.473 e. The molecule has 0 amide bonds. The average Bonchev–Trinajstić information content (AvgIpc) is 2.36. The molecule has 3 nitrogen and oxygen atoms in total. The maximum atomic E-state index is 10.1. The van der Waals surface area contributed by atoms with Gasteiger partial charge in [0.25, 0.3) is 0 Å². The smallest absolute Gasteiger partial charge is 0.220 e. The number of ether oxygens (including phenoxy) is 1. The van der Waals surface area contributed by atoms with Gasteiger partial charge in [0.15, 0.2) is 0 Å².